The van der Waals surface area contributed by atoms with Crippen LogP contribution in [0.4, 0.5) is 0 Å². The molecule has 2 aromatic carbocycles. The number of aliphatic hydroxyl groups excluding tert-OH is 1. The normalized spacial score (nSPS) is 12.0. The predicted molar refractivity (Wildman–Crippen MR) is 117 cm³/mol. The fraction of sp³-hybridized carbons (Fsp3) is 0.350. The van der Waals surface area contributed by atoms with Crippen LogP contribution in [0.25, 0.3) is 0 Å². The molecule has 6 heteroatoms. The molecule has 0 aromatic heterocycles. The second kappa shape index (κ2) is 12.5. The van der Waals surface area contributed by atoms with Crippen molar-refractivity contribution in [1.82, 2.24) is 10.6 Å². The minimum absolute atomic E-state index is 0. The maximum absolute atomic E-state index is 10.2. The lowest BCUT2D eigenvalue weighted by atomic mass is 10.1. The first-order chi connectivity index (χ1) is 12.2. The van der Waals surface area contributed by atoms with Crippen molar-refractivity contribution in [2.45, 2.75) is 26.0 Å². The molecule has 0 radical (unpaired) electrons. The first-order valence-electron chi connectivity index (χ1n) is 8.61. The van der Waals surface area contributed by atoms with Crippen molar-refractivity contribution in [3.8, 4) is 5.75 Å². The monoisotopic (exact) mass is 469 g/mol. The van der Waals surface area contributed by atoms with Crippen LogP contribution in [0.5, 0.6) is 5.75 Å². The van der Waals surface area contributed by atoms with Gasteiger partial charge in [-0.05, 0) is 36.6 Å². The summed E-state index contributed by atoms with van der Waals surface area (Å²) in [5.41, 5.74) is 2.05. The Kier molecular flexibility index (Phi) is 10.7. The highest BCUT2D eigenvalue weighted by molar-refractivity contribution is 14.0. The lowest BCUT2D eigenvalue weighted by Gasteiger charge is -2.14. The minimum atomic E-state index is -0.474. The highest BCUT2D eigenvalue weighted by atomic mass is 127. The fourth-order valence-electron chi connectivity index (χ4n) is 2.41. The van der Waals surface area contributed by atoms with Gasteiger partial charge in [-0.15, -0.1) is 24.0 Å². The van der Waals surface area contributed by atoms with Gasteiger partial charge >= 0.3 is 0 Å². The van der Waals surface area contributed by atoms with Gasteiger partial charge in [0.15, 0.2) is 5.96 Å². The molecule has 0 amide bonds. The molecule has 0 saturated carbocycles. The molecule has 2 rings (SSSR count). The summed E-state index contributed by atoms with van der Waals surface area (Å²) < 4.78 is 5.16. The molecule has 1 unspecified atom stereocenters. The molecule has 0 aliphatic rings. The summed E-state index contributed by atoms with van der Waals surface area (Å²) in [5.74, 6) is 1.59. The number of aliphatic imine (C=N–C) groups is 1. The molecule has 26 heavy (non-hydrogen) atoms. The third-order valence-corrected chi connectivity index (χ3v) is 3.82. The molecule has 0 heterocycles. The lowest BCUT2D eigenvalue weighted by Crippen LogP contribution is -2.38. The Morgan fingerprint density at radius 2 is 1.77 bits per heavy atom. The molecule has 0 spiro atoms. The summed E-state index contributed by atoms with van der Waals surface area (Å²) in [6, 6.07) is 17.6. The third kappa shape index (κ3) is 7.61. The zero-order valence-corrected chi connectivity index (χ0v) is 17.6. The Hall–Kier alpha value is -1.80. The van der Waals surface area contributed by atoms with Gasteiger partial charge in [-0.3, -0.25) is 0 Å². The molecule has 0 saturated heterocycles. The summed E-state index contributed by atoms with van der Waals surface area (Å²) in [7, 11) is 1.66. The fourth-order valence-corrected chi connectivity index (χ4v) is 2.41. The smallest absolute Gasteiger partial charge is 0.191 e. The van der Waals surface area contributed by atoms with Crippen molar-refractivity contribution >= 4 is 29.9 Å². The van der Waals surface area contributed by atoms with E-state index in [4.69, 9.17) is 4.74 Å². The van der Waals surface area contributed by atoms with Crippen LogP contribution in [-0.4, -0.2) is 31.3 Å². The molecule has 142 valence electrons. The average molecular weight is 469 g/mol. The van der Waals surface area contributed by atoms with E-state index < -0.39 is 6.10 Å². The zero-order chi connectivity index (χ0) is 17.9. The van der Waals surface area contributed by atoms with Gasteiger partial charge in [-0.2, -0.15) is 0 Å². The summed E-state index contributed by atoms with van der Waals surface area (Å²) >= 11 is 0. The van der Waals surface area contributed by atoms with E-state index >= 15 is 0 Å². The van der Waals surface area contributed by atoms with Crippen LogP contribution in [0.3, 0.4) is 0 Å². The van der Waals surface area contributed by atoms with Gasteiger partial charge < -0.3 is 20.5 Å². The number of aliphatic hydroxyl groups is 1. The SMILES string of the molecule is CCNC(=NCc1ccc(OC)cc1)NCCC(O)c1ccccc1.I. The first-order valence-corrected chi connectivity index (χ1v) is 8.61. The molecule has 0 aliphatic carbocycles. The molecule has 2 aromatic rings. The Bertz CT molecular complexity index is 648. The third-order valence-electron chi connectivity index (χ3n) is 3.82. The molecular weight excluding hydrogens is 441 g/mol. The van der Waals surface area contributed by atoms with E-state index in [-0.39, 0.29) is 24.0 Å². The minimum Gasteiger partial charge on any atom is -0.497 e. The highest BCUT2D eigenvalue weighted by Gasteiger charge is 2.07. The van der Waals surface area contributed by atoms with E-state index in [1.807, 2.05) is 61.5 Å². The van der Waals surface area contributed by atoms with Crippen molar-refractivity contribution in [1.29, 1.82) is 0 Å². The van der Waals surface area contributed by atoms with E-state index in [2.05, 4.69) is 15.6 Å². The molecule has 3 N–H and O–H groups in total. The number of nitrogens with zero attached hydrogens (tertiary/aromatic N) is 1. The first kappa shape index (κ1) is 22.2. The van der Waals surface area contributed by atoms with Crippen LogP contribution in [-0.2, 0) is 6.54 Å². The average Bonchev–Trinajstić information content (AvgIpc) is 2.67. The number of nitrogens with one attached hydrogen (secondary N) is 2. The molecule has 0 fully saturated rings. The van der Waals surface area contributed by atoms with Crippen LogP contribution >= 0.6 is 24.0 Å². The summed E-state index contributed by atoms with van der Waals surface area (Å²) in [6.07, 6.45) is 0.148. The van der Waals surface area contributed by atoms with Crippen LogP contribution in [0.15, 0.2) is 59.6 Å². The van der Waals surface area contributed by atoms with Gasteiger partial charge in [-0.25, -0.2) is 4.99 Å². The van der Waals surface area contributed by atoms with Crippen LogP contribution in [0.1, 0.15) is 30.6 Å². The Labute approximate surface area is 172 Å². The topological polar surface area (TPSA) is 65.9 Å². The van der Waals surface area contributed by atoms with Crippen molar-refractivity contribution < 1.29 is 9.84 Å². The quantitative estimate of drug-likeness (QED) is 0.315. The number of guanidine groups is 1. The van der Waals surface area contributed by atoms with Crippen LogP contribution in [0, 0.1) is 0 Å². The van der Waals surface area contributed by atoms with Crippen molar-refractivity contribution in [2.75, 3.05) is 20.2 Å². The highest BCUT2D eigenvalue weighted by Crippen LogP contribution is 2.15. The number of halogens is 1. The number of ether oxygens (including phenoxy) is 1. The van der Waals surface area contributed by atoms with Crippen LogP contribution in [0.2, 0.25) is 0 Å². The largest absolute Gasteiger partial charge is 0.497 e. The molecule has 5 nitrogen and oxygen atoms in total. The molecule has 1 atom stereocenters. The number of benzene rings is 2. The van der Waals surface area contributed by atoms with E-state index in [1.54, 1.807) is 7.11 Å². The second-order valence-corrected chi connectivity index (χ2v) is 5.69. The number of rotatable bonds is 8. The standard InChI is InChI=1S/C20H27N3O2.HI/c1-3-21-20(23-15-16-9-11-18(25-2)12-10-16)22-14-13-19(24)17-7-5-4-6-8-17;/h4-12,19,24H,3,13-15H2,1-2H3,(H2,21,22,23);1H. The zero-order valence-electron chi connectivity index (χ0n) is 15.3. The molecule has 0 bridgehead atoms. The van der Waals surface area contributed by atoms with E-state index in [9.17, 15) is 5.11 Å². The maximum atomic E-state index is 10.2. The van der Waals surface area contributed by atoms with Gasteiger partial charge in [0.05, 0.1) is 19.8 Å². The van der Waals surface area contributed by atoms with E-state index in [1.165, 1.54) is 0 Å². The predicted octanol–water partition coefficient (Wildman–Crippen LogP) is 3.49. The van der Waals surface area contributed by atoms with Crippen molar-refractivity contribution in [2.24, 2.45) is 4.99 Å². The lowest BCUT2D eigenvalue weighted by molar-refractivity contribution is 0.168. The van der Waals surface area contributed by atoms with Gasteiger partial charge in [0.2, 0.25) is 0 Å². The summed E-state index contributed by atoms with van der Waals surface area (Å²) in [4.78, 5) is 4.58. The van der Waals surface area contributed by atoms with Gasteiger partial charge in [0.1, 0.15) is 5.75 Å². The van der Waals surface area contributed by atoms with Gasteiger partial charge in [0, 0.05) is 13.1 Å². The Morgan fingerprint density at radius 3 is 2.38 bits per heavy atom. The van der Waals surface area contributed by atoms with Crippen molar-refractivity contribution in [3.63, 3.8) is 0 Å². The van der Waals surface area contributed by atoms with E-state index in [0.29, 0.717) is 19.5 Å². The number of methoxy groups -OCH3 is 1. The van der Waals surface area contributed by atoms with Crippen LogP contribution < -0.4 is 15.4 Å². The van der Waals surface area contributed by atoms with Gasteiger partial charge in [0.25, 0.3) is 0 Å². The summed E-state index contributed by atoms with van der Waals surface area (Å²) in [5, 5.41) is 16.7. The van der Waals surface area contributed by atoms with Crippen molar-refractivity contribution in [3.05, 3.63) is 65.7 Å². The summed E-state index contributed by atoms with van der Waals surface area (Å²) in [6.45, 7) is 4.05. The molecule has 0 aliphatic heterocycles. The van der Waals surface area contributed by atoms with E-state index in [0.717, 1.165) is 29.4 Å². The maximum Gasteiger partial charge on any atom is 0.191 e. The Balaban J connectivity index is 0.00000338. The number of hydrogen-bond acceptors (Lipinski definition) is 3. The second-order valence-electron chi connectivity index (χ2n) is 5.69. The Morgan fingerprint density at radius 1 is 1.08 bits per heavy atom. The number of hydrogen-bond donors (Lipinski definition) is 3. The molecular formula is C20H28IN3O2. The van der Waals surface area contributed by atoms with Gasteiger partial charge in [-0.1, -0.05) is 42.5 Å².